The van der Waals surface area contributed by atoms with Crippen molar-refractivity contribution in [1.82, 2.24) is 0 Å². The van der Waals surface area contributed by atoms with Crippen molar-refractivity contribution >= 4 is 11.4 Å². The fourth-order valence-corrected chi connectivity index (χ4v) is 1.26. The van der Waals surface area contributed by atoms with Crippen molar-refractivity contribution in [1.29, 1.82) is 0 Å². The molecule has 6 heteroatoms. The molecular formula is C10H15N3O3. The molecule has 0 spiro atoms. The topological polar surface area (TPSA) is 90.4 Å². The van der Waals surface area contributed by atoms with Gasteiger partial charge in [-0.05, 0) is 19.0 Å². The summed E-state index contributed by atoms with van der Waals surface area (Å²) in [6.45, 7) is 1.31. The lowest BCUT2D eigenvalue weighted by atomic mass is 10.2. The minimum Gasteiger partial charge on any atom is -0.494 e. The molecule has 0 aliphatic heterocycles. The number of nitrogens with one attached hydrogen (secondary N) is 1. The lowest BCUT2D eigenvalue weighted by molar-refractivity contribution is -0.384. The van der Waals surface area contributed by atoms with Crippen LogP contribution >= 0.6 is 0 Å². The lowest BCUT2D eigenvalue weighted by Gasteiger charge is -2.10. The molecule has 0 atom stereocenters. The van der Waals surface area contributed by atoms with E-state index in [1.807, 2.05) is 0 Å². The van der Waals surface area contributed by atoms with Crippen LogP contribution in [-0.4, -0.2) is 25.1 Å². The summed E-state index contributed by atoms with van der Waals surface area (Å²) in [7, 11) is 1.48. The minimum atomic E-state index is -0.452. The summed E-state index contributed by atoms with van der Waals surface area (Å²) in [5.74, 6) is 0.464. The Kier molecular flexibility index (Phi) is 4.53. The summed E-state index contributed by atoms with van der Waals surface area (Å²) < 4.78 is 5.07. The van der Waals surface area contributed by atoms with E-state index in [4.69, 9.17) is 10.5 Å². The SMILES string of the molecule is COc1cc([N+](=O)[O-])ccc1NCCCN. The fourth-order valence-electron chi connectivity index (χ4n) is 1.26. The molecule has 0 amide bonds. The highest BCUT2D eigenvalue weighted by Gasteiger charge is 2.10. The number of methoxy groups -OCH3 is 1. The molecule has 1 aromatic rings. The van der Waals surface area contributed by atoms with Crippen LogP contribution < -0.4 is 15.8 Å². The quantitative estimate of drug-likeness (QED) is 0.433. The molecule has 0 radical (unpaired) electrons. The summed E-state index contributed by atoms with van der Waals surface area (Å²) in [5, 5.41) is 13.7. The molecule has 0 heterocycles. The Hall–Kier alpha value is -1.82. The van der Waals surface area contributed by atoms with Crippen LogP contribution in [0, 0.1) is 10.1 Å². The number of nitrogens with zero attached hydrogens (tertiary/aromatic N) is 1. The number of nitro benzene ring substituents is 1. The third-order valence-corrected chi connectivity index (χ3v) is 2.09. The molecule has 0 bridgehead atoms. The van der Waals surface area contributed by atoms with Crippen LogP contribution in [0.15, 0.2) is 18.2 Å². The second-order valence-electron chi connectivity index (χ2n) is 3.21. The molecule has 0 aromatic heterocycles. The van der Waals surface area contributed by atoms with Gasteiger partial charge in [0.2, 0.25) is 0 Å². The monoisotopic (exact) mass is 225 g/mol. The van der Waals surface area contributed by atoms with Crippen molar-refractivity contribution in [3.05, 3.63) is 28.3 Å². The van der Waals surface area contributed by atoms with Crippen LogP contribution in [0.2, 0.25) is 0 Å². The van der Waals surface area contributed by atoms with Gasteiger partial charge in [0.05, 0.1) is 23.8 Å². The molecule has 0 aliphatic rings. The van der Waals surface area contributed by atoms with Gasteiger partial charge in [-0.15, -0.1) is 0 Å². The van der Waals surface area contributed by atoms with Crippen LogP contribution in [0.3, 0.4) is 0 Å². The van der Waals surface area contributed by atoms with Gasteiger partial charge in [0.25, 0.3) is 5.69 Å². The molecule has 16 heavy (non-hydrogen) atoms. The van der Waals surface area contributed by atoms with E-state index in [0.717, 1.165) is 12.1 Å². The number of ether oxygens (including phenoxy) is 1. The normalized spacial score (nSPS) is 9.88. The number of nitrogens with two attached hydrogens (primary N) is 1. The minimum absolute atomic E-state index is 0.0150. The van der Waals surface area contributed by atoms with Crippen LogP contribution in [-0.2, 0) is 0 Å². The molecular weight excluding hydrogens is 210 g/mol. The van der Waals surface area contributed by atoms with E-state index in [1.54, 1.807) is 6.07 Å². The van der Waals surface area contributed by atoms with E-state index in [-0.39, 0.29) is 5.69 Å². The molecule has 6 nitrogen and oxygen atoms in total. The Morgan fingerprint density at radius 3 is 2.88 bits per heavy atom. The third kappa shape index (κ3) is 3.09. The summed E-state index contributed by atoms with van der Waals surface area (Å²) in [6, 6.07) is 4.46. The van der Waals surface area contributed by atoms with Crippen LogP contribution in [0.25, 0.3) is 0 Å². The smallest absolute Gasteiger partial charge is 0.273 e. The summed E-state index contributed by atoms with van der Waals surface area (Å²) in [4.78, 5) is 10.1. The average Bonchev–Trinajstić information content (AvgIpc) is 2.29. The van der Waals surface area contributed by atoms with Crippen LogP contribution in [0.5, 0.6) is 5.75 Å². The zero-order chi connectivity index (χ0) is 12.0. The highest BCUT2D eigenvalue weighted by atomic mass is 16.6. The van der Waals surface area contributed by atoms with E-state index in [2.05, 4.69) is 5.32 Å². The van der Waals surface area contributed by atoms with Gasteiger partial charge in [0, 0.05) is 12.6 Å². The van der Waals surface area contributed by atoms with E-state index in [9.17, 15) is 10.1 Å². The molecule has 88 valence electrons. The number of hydrogen-bond acceptors (Lipinski definition) is 5. The predicted molar refractivity (Wildman–Crippen MR) is 61.8 cm³/mol. The largest absolute Gasteiger partial charge is 0.494 e. The Morgan fingerprint density at radius 2 is 2.31 bits per heavy atom. The Bertz CT molecular complexity index is 368. The van der Waals surface area contributed by atoms with E-state index in [1.165, 1.54) is 19.2 Å². The fraction of sp³-hybridized carbons (Fsp3) is 0.400. The van der Waals surface area contributed by atoms with E-state index < -0.39 is 4.92 Å². The van der Waals surface area contributed by atoms with Crippen molar-refractivity contribution in [3.8, 4) is 5.75 Å². The van der Waals surface area contributed by atoms with Gasteiger partial charge in [-0.1, -0.05) is 0 Å². The first-order chi connectivity index (χ1) is 7.69. The number of rotatable bonds is 6. The van der Waals surface area contributed by atoms with Gasteiger partial charge in [0.15, 0.2) is 0 Å². The number of non-ortho nitro benzene ring substituents is 1. The molecule has 0 unspecified atom stereocenters. The zero-order valence-electron chi connectivity index (χ0n) is 9.10. The highest BCUT2D eigenvalue weighted by molar-refractivity contribution is 5.60. The Balaban J connectivity index is 2.80. The number of nitro groups is 1. The maximum absolute atomic E-state index is 10.6. The number of benzene rings is 1. The summed E-state index contributed by atoms with van der Waals surface area (Å²) in [6.07, 6.45) is 0.833. The second-order valence-corrected chi connectivity index (χ2v) is 3.21. The van der Waals surface area contributed by atoms with Gasteiger partial charge >= 0.3 is 0 Å². The summed E-state index contributed by atoms with van der Waals surface area (Å²) in [5.41, 5.74) is 6.12. The van der Waals surface area contributed by atoms with Crippen molar-refractivity contribution in [2.45, 2.75) is 6.42 Å². The van der Waals surface area contributed by atoms with Gasteiger partial charge in [-0.2, -0.15) is 0 Å². The molecule has 0 fully saturated rings. The summed E-state index contributed by atoms with van der Waals surface area (Å²) >= 11 is 0. The third-order valence-electron chi connectivity index (χ3n) is 2.09. The van der Waals surface area contributed by atoms with Crippen molar-refractivity contribution in [3.63, 3.8) is 0 Å². The predicted octanol–water partition coefficient (Wildman–Crippen LogP) is 1.36. The standard InChI is InChI=1S/C10H15N3O3/c1-16-10-7-8(13(14)15)3-4-9(10)12-6-2-5-11/h3-4,7,12H,2,5-6,11H2,1H3. The first-order valence-corrected chi connectivity index (χ1v) is 4.95. The van der Waals surface area contributed by atoms with Gasteiger partial charge in [-0.25, -0.2) is 0 Å². The lowest BCUT2D eigenvalue weighted by Crippen LogP contribution is -2.09. The number of anilines is 1. The average molecular weight is 225 g/mol. The van der Waals surface area contributed by atoms with Crippen molar-refractivity contribution in [2.24, 2.45) is 5.73 Å². The molecule has 0 saturated heterocycles. The molecule has 0 aliphatic carbocycles. The Morgan fingerprint density at radius 1 is 1.56 bits per heavy atom. The van der Waals surface area contributed by atoms with Gasteiger partial charge < -0.3 is 15.8 Å². The zero-order valence-corrected chi connectivity index (χ0v) is 9.10. The maximum atomic E-state index is 10.6. The van der Waals surface area contributed by atoms with Crippen molar-refractivity contribution in [2.75, 3.05) is 25.5 Å². The molecule has 1 rings (SSSR count). The molecule has 0 saturated carbocycles. The maximum Gasteiger partial charge on any atom is 0.273 e. The van der Waals surface area contributed by atoms with E-state index >= 15 is 0 Å². The number of hydrogen-bond donors (Lipinski definition) is 2. The molecule has 3 N–H and O–H groups in total. The van der Waals surface area contributed by atoms with Gasteiger partial charge in [0.1, 0.15) is 5.75 Å². The highest BCUT2D eigenvalue weighted by Crippen LogP contribution is 2.28. The Labute approximate surface area is 93.5 Å². The first-order valence-electron chi connectivity index (χ1n) is 4.95. The van der Waals surface area contributed by atoms with E-state index in [0.29, 0.717) is 18.8 Å². The first kappa shape index (κ1) is 12.3. The molecule has 1 aromatic carbocycles. The van der Waals surface area contributed by atoms with Gasteiger partial charge in [-0.3, -0.25) is 10.1 Å². The second kappa shape index (κ2) is 5.92. The van der Waals surface area contributed by atoms with Crippen LogP contribution in [0.4, 0.5) is 11.4 Å². The van der Waals surface area contributed by atoms with Crippen molar-refractivity contribution < 1.29 is 9.66 Å². The van der Waals surface area contributed by atoms with Crippen LogP contribution in [0.1, 0.15) is 6.42 Å².